The third-order valence-corrected chi connectivity index (χ3v) is 3.11. The summed E-state index contributed by atoms with van der Waals surface area (Å²) in [6.45, 7) is 3.32. The summed E-state index contributed by atoms with van der Waals surface area (Å²) in [6, 6.07) is 7.21. The number of halogens is 1. The van der Waals surface area contributed by atoms with Crippen LogP contribution in [0.15, 0.2) is 28.7 Å². The lowest BCUT2D eigenvalue weighted by molar-refractivity contribution is -0.157. The fraction of sp³-hybridized carbons (Fsp3) is 0.417. The van der Waals surface area contributed by atoms with Gasteiger partial charge in [0.05, 0.1) is 18.6 Å². The van der Waals surface area contributed by atoms with E-state index in [1.54, 1.807) is 26.0 Å². The summed E-state index contributed by atoms with van der Waals surface area (Å²) in [5, 5.41) is 10.1. The van der Waals surface area contributed by atoms with Crippen LogP contribution in [0.5, 0.6) is 0 Å². The third-order valence-electron chi connectivity index (χ3n) is 2.58. The van der Waals surface area contributed by atoms with Crippen molar-refractivity contribution < 1.29 is 14.6 Å². The molecule has 0 aliphatic heterocycles. The van der Waals surface area contributed by atoms with E-state index in [1.807, 2.05) is 12.1 Å². The molecule has 0 saturated heterocycles. The van der Waals surface area contributed by atoms with Gasteiger partial charge in [-0.2, -0.15) is 0 Å². The number of esters is 1. The molecule has 0 aromatic heterocycles. The van der Waals surface area contributed by atoms with Gasteiger partial charge in [0.25, 0.3) is 0 Å². The number of carbonyl (C=O) groups excluding carboxylic acids is 1. The number of aliphatic hydroxyl groups is 1. The quantitative estimate of drug-likeness (QED) is 0.869. The van der Waals surface area contributed by atoms with E-state index in [2.05, 4.69) is 20.7 Å². The highest BCUT2D eigenvalue weighted by Gasteiger charge is 2.37. The molecule has 1 aromatic rings. The standard InChI is InChI=1S/C12H15BrO3/c1-12(2,11(15)16-3)10(14)8-4-6-9(13)7-5-8/h4-7,10,14H,1-3H3/t10-/m1/s1. The Labute approximate surface area is 104 Å². The lowest BCUT2D eigenvalue weighted by Crippen LogP contribution is -2.32. The molecule has 4 heteroatoms. The molecule has 0 amide bonds. The number of aliphatic hydroxyl groups excluding tert-OH is 1. The van der Waals surface area contributed by atoms with Gasteiger partial charge in [-0.15, -0.1) is 0 Å². The molecule has 1 N–H and O–H groups in total. The van der Waals surface area contributed by atoms with Crippen LogP contribution >= 0.6 is 15.9 Å². The molecule has 1 atom stereocenters. The summed E-state index contributed by atoms with van der Waals surface area (Å²) in [5.74, 6) is -0.428. The Morgan fingerprint density at radius 1 is 1.38 bits per heavy atom. The van der Waals surface area contributed by atoms with Crippen molar-refractivity contribution in [2.75, 3.05) is 7.11 Å². The van der Waals surface area contributed by atoms with Crippen molar-refractivity contribution >= 4 is 21.9 Å². The van der Waals surface area contributed by atoms with E-state index in [4.69, 9.17) is 0 Å². The maximum absolute atomic E-state index is 11.5. The fourth-order valence-electron chi connectivity index (χ4n) is 1.44. The van der Waals surface area contributed by atoms with Crippen LogP contribution in [-0.2, 0) is 9.53 Å². The largest absolute Gasteiger partial charge is 0.469 e. The molecule has 16 heavy (non-hydrogen) atoms. The van der Waals surface area contributed by atoms with Crippen LogP contribution in [0.4, 0.5) is 0 Å². The zero-order valence-corrected chi connectivity index (χ0v) is 11.1. The summed E-state index contributed by atoms with van der Waals surface area (Å²) in [4.78, 5) is 11.5. The van der Waals surface area contributed by atoms with Gasteiger partial charge in [-0.25, -0.2) is 0 Å². The molecule has 3 nitrogen and oxygen atoms in total. The van der Waals surface area contributed by atoms with Crippen LogP contribution < -0.4 is 0 Å². The fourth-order valence-corrected chi connectivity index (χ4v) is 1.70. The van der Waals surface area contributed by atoms with Crippen LogP contribution in [-0.4, -0.2) is 18.2 Å². The molecular weight excluding hydrogens is 272 g/mol. The van der Waals surface area contributed by atoms with Gasteiger partial charge >= 0.3 is 5.97 Å². The van der Waals surface area contributed by atoms with E-state index < -0.39 is 17.5 Å². The molecular formula is C12H15BrO3. The van der Waals surface area contributed by atoms with Crippen molar-refractivity contribution in [1.82, 2.24) is 0 Å². The van der Waals surface area contributed by atoms with E-state index in [-0.39, 0.29) is 0 Å². The summed E-state index contributed by atoms with van der Waals surface area (Å²) in [5.41, 5.74) is -0.263. The Bertz CT molecular complexity index is 370. The van der Waals surface area contributed by atoms with Gasteiger partial charge in [0.2, 0.25) is 0 Å². The topological polar surface area (TPSA) is 46.5 Å². The Hall–Kier alpha value is -0.870. The monoisotopic (exact) mass is 286 g/mol. The number of hydrogen-bond acceptors (Lipinski definition) is 3. The second-order valence-electron chi connectivity index (χ2n) is 4.17. The normalized spacial score (nSPS) is 13.3. The van der Waals surface area contributed by atoms with E-state index >= 15 is 0 Å². The van der Waals surface area contributed by atoms with E-state index in [9.17, 15) is 9.90 Å². The number of rotatable bonds is 3. The first-order chi connectivity index (χ1) is 7.39. The SMILES string of the molecule is COC(=O)C(C)(C)[C@H](O)c1ccc(Br)cc1. The van der Waals surface area contributed by atoms with Gasteiger partial charge in [-0.05, 0) is 31.5 Å². The van der Waals surface area contributed by atoms with Gasteiger partial charge < -0.3 is 9.84 Å². The van der Waals surface area contributed by atoms with Crippen LogP contribution in [0.3, 0.4) is 0 Å². The maximum Gasteiger partial charge on any atom is 0.314 e. The van der Waals surface area contributed by atoms with Gasteiger partial charge in [0.15, 0.2) is 0 Å². The average Bonchev–Trinajstić information content (AvgIpc) is 2.28. The molecule has 0 spiro atoms. The molecule has 88 valence electrons. The zero-order valence-electron chi connectivity index (χ0n) is 9.53. The lowest BCUT2D eigenvalue weighted by Gasteiger charge is -2.27. The number of methoxy groups -OCH3 is 1. The van der Waals surface area contributed by atoms with E-state index in [0.29, 0.717) is 5.56 Å². The Kier molecular flexibility index (Phi) is 4.10. The summed E-state index contributed by atoms with van der Waals surface area (Å²) in [7, 11) is 1.32. The van der Waals surface area contributed by atoms with E-state index in [1.165, 1.54) is 7.11 Å². The highest BCUT2D eigenvalue weighted by molar-refractivity contribution is 9.10. The third kappa shape index (κ3) is 2.62. The zero-order chi connectivity index (χ0) is 12.3. The molecule has 0 radical (unpaired) electrons. The first-order valence-electron chi connectivity index (χ1n) is 4.91. The molecule has 0 unspecified atom stereocenters. The highest BCUT2D eigenvalue weighted by Crippen LogP contribution is 2.34. The van der Waals surface area contributed by atoms with Crippen molar-refractivity contribution in [3.63, 3.8) is 0 Å². The maximum atomic E-state index is 11.5. The smallest absolute Gasteiger partial charge is 0.314 e. The Morgan fingerprint density at radius 2 is 1.88 bits per heavy atom. The van der Waals surface area contributed by atoms with Crippen LogP contribution in [0, 0.1) is 5.41 Å². The summed E-state index contributed by atoms with van der Waals surface area (Å²) < 4.78 is 5.60. The summed E-state index contributed by atoms with van der Waals surface area (Å²) >= 11 is 3.31. The molecule has 0 saturated carbocycles. The minimum absolute atomic E-state index is 0.428. The molecule has 0 bridgehead atoms. The first-order valence-corrected chi connectivity index (χ1v) is 5.71. The molecule has 0 heterocycles. The first kappa shape index (κ1) is 13.2. The molecule has 0 aliphatic carbocycles. The minimum atomic E-state index is -0.956. The van der Waals surface area contributed by atoms with Crippen molar-refractivity contribution in [2.45, 2.75) is 20.0 Å². The van der Waals surface area contributed by atoms with Crippen molar-refractivity contribution in [3.05, 3.63) is 34.3 Å². The number of hydrogen-bond donors (Lipinski definition) is 1. The molecule has 1 rings (SSSR count). The Balaban J connectivity index is 2.97. The second-order valence-corrected chi connectivity index (χ2v) is 5.08. The van der Waals surface area contributed by atoms with Gasteiger partial charge in [0, 0.05) is 4.47 Å². The number of benzene rings is 1. The predicted octanol–water partition coefficient (Wildman–Crippen LogP) is 2.68. The van der Waals surface area contributed by atoms with Crippen molar-refractivity contribution in [2.24, 2.45) is 5.41 Å². The Morgan fingerprint density at radius 3 is 2.31 bits per heavy atom. The molecule has 0 aliphatic rings. The number of carbonyl (C=O) groups is 1. The van der Waals surface area contributed by atoms with Crippen LogP contribution in [0.2, 0.25) is 0 Å². The minimum Gasteiger partial charge on any atom is -0.469 e. The number of ether oxygens (including phenoxy) is 1. The molecule has 0 fully saturated rings. The predicted molar refractivity (Wildman–Crippen MR) is 64.9 cm³/mol. The van der Waals surface area contributed by atoms with Crippen molar-refractivity contribution in [3.8, 4) is 0 Å². The van der Waals surface area contributed by atoms with E-state index in [0.717, 1.165) is 4.47 Å². The highest BCUT2D eigenvalue weighted by atomic mass is 79.9. The van der Waals surface area contributed by atoms with Gasteiger partial charge in [-0.3, -0.25) is 4.79 Å². The van der Waals surface area contributed by atoms with Crippen LogP contribution in [0.25, 0.3) is 0 Å². The lowest BCUT2D eigenvalue weighted by atomic mass is 9.83. The average molecular weight is 287 g/mol. The molecule has 1 aromatic carbocycles. The van der Waals surface area contributed by atoms with Gasteiger partial charge in [0.1, 0.15) is 0 Å². The van der Waals surface area contributed by atoms with Gasteiger partial charge in [-0.1, -0.05) is 28.1 Å². The van der Waals surface area contributed by atoms with Crippen molar-refractivity contribution in [1.29, 1.82) is 0 Å². The van der Waals surface area contributed by atoms with Crippen LogP contribution in [0.1, 0.15) is 25.5 Å². The summed E-state index contributed by atoms with van der Waals surface area (Å²) in [6.07, 6.45) is -0.881. The second kappa shape index (κ2) is 4.97.